The van der Waals surface area contributed by atoms with Crippen LogP contribution in [0.4, 0.5) is 0 Å². The molecule has 0 aliphatic carbocycles. The van der Waals surface area contributed by atoms with Gasteiger partial charge in [-0.25, -0.2) is 0 Å². The molecule has 3 saturated heterocycles. The third kappa shape index (κ3) is 3.91. The number of hydrogen-bond acceptors (Lipinski definition) is 5. The first-order valence-corrected chi connectivity index (χ1v) is 9.97. The fraction of sp³-hybridized carbons (Fsp3) is 0.714. The van der Waals surface area contributed by atoms with Crippen molar-refractivity contribution in [3.63, 3.8) is 0 Å². The Morgan fingerprint density at radius 1 is 1.27 bits per heavy atom. The van der Waals surface area contributed by atoms with Crippen LogP contribution >= 0.6 is 0 Å². The van der Waals surface area contributed by atoms with Gasteiger partial charge in [-0.05, 0) is 63.7 Å². The van der Waals surface area contributed by atoms with E-state index in [-0.39, 0.29) is 5.60 Å². The summed E-state index contributed by atoms with van der Waals surface area (Å²) in [6, 6.07) is 8.91. The summed E-state index contributed by atoms with van der Waals surface area (Å²) in [7, 11) is 0. The standard InChI is InChI=1S/C21H32N2O3/c1-20(2,24)15-25-19-6-4-3-5-18(19)16-7-9-23(10-8-16)17-11-21(26-12-17)13-22-14-21/h3-6,16-17,22,24H,7-15H2,1-2H3/t17-/m0/s1. The second-order valence-electron chi connectivity index (χ2n) is 8.90. The third-order valence-electron chi connectivity index (χ3n) is 6.07. The van der Waals surface area contributed by atoms with Crippen molar-refractivity contribution in [3.05, 3.63) is 29.8 Å². The number of hydrogen-bond donors (Lipinski definition) is 2. The Kier molecular flexibility index (Phi) is 4.99. The Morgan fingerprint density at radius 2 is 2.00 bits per heavy atom. The average Bonchev–Trinajstić information content (AvgIpc) is 3.06. The number of ether oxygens (including phenoxy) is 2. The molecule has 5 heteroatoms. The average molecular weight is 360 g/mol. The lowest BCUT2D eigenvalue weighted by Crippen LogP contribution is -2.59. The van der Waals surface area contributed by atoms with Crippen molar-refractivity contribution < 1.29 is 14.6 Å². The van der Waals surface area contributed by atoms with E-state index in [1.165, 1.54) is 12.0 Å². The van der Waals surface area contributed by atoms with Gasteiger partial charge in [0.05, 0.1) is 17.8 Å². The molecule has 3 fully saturated rings. The molecule has 3 aliphatic heterocycles. The highest BCUT2D eigenvalue weighted by molar-refractivity contribution is 5.36. The Morgan fingerprint density at radius 3 is 2.62 bits per heavy atom. The van der Waals surface area contributed by atoms with Crippen LogP contribution in [0.2, 0.25) is 0 Å². The second kappa shape index (κ2) is 7.12. The van der Waals surface area contributed by atoms with Crippen LogP contribution in [0, 0.1) is 0 Å². The Bertz CT molecular complexity index is 616. The predicted octanol–water partition coefficient (Wildman–Crippen LogP) is 2.15. The highest BCUT2D eigenvalue weighted by atomic mass is 16.5. The number of nitrogens with zero attached hydrogens (tertiary/aromatic N) is 1. The first kappa shape index (κ1) is 18.2. The molecule has 144 valence electrons. The minimum Gasteiger partial charge on any atom is -0.490 e. The molecular formula is C21H32N2O3. The lowest BCUT2D eigenvalue weighted by Gasteiger charge is -2.40. The summed E-state index contributed by atoms with van der Waals surface area (Å²) in [5, 5.41) is 13.3. The van der Waals surface area contributed by atoms with Gasteiger partial charge in [0.1, 0.15) is 12.4 Å². The van der Waals surface area contributed by atoms with Crippen molar-refractivity contribution in [1.29, 1.82) is 0 Å². The molecule has 1 aromatic carbocycles. The number of piperidine rings is 1. The second-order valence-corrected chi connectivity index (χ2v) is 8.90. The number of aliphatic hydroxyl groups is 1. The molecule has 1 atom stereocenters. The zero-order valence-corrected chi connectivity index (χ0v) is 16.0. The molecule has 5 nitrogen and oxygen atoms in total. The van der Waals surface area contributed by atoms with Crippen LogP contribution in [-0.4, -0.2) is 66.6 Å². The van der Waals surface area contributed by atoms with E-state index in [4.69, 9.17) is 9.47 Å². The smallest absolute Gasteiger partial charge is 0.122 e. The molecule has 0 unspecified atom stereocenters. The van der Waals surface area contributed by atoms with E-state index in [2.05, 4.69) is 22.3 Å². The fourth-order valence-electron chi connectivity index (χ4n) is 4.48. The molecule has 0 aromatic heterocycles. The maximum absolute atomic E-state index is 9.96. The monoisotopic (exact) mass is 360 g/mol. The highest BCUT2D eigenvalue weighted by Crippen LogP contribution is 2.38. The van der Waals surface area contributed by atoms with Gasteiger partial charge in [-0.15, -0.1) is 0 Å². The fourth-order valence-corrected chi connectivity index (χ4v) is 4.48. The van der Waals surface area contributed by atoms with Gasteiger partial charge < -0.3 is 19.9 Å². The molecule has 3 heterocycles. The first-order valence-electron chi connectivity index (χ1n) is 9.97. The summed E-state index contributed by atoms with van der Waals surface area (Å²) in [5.41, 5.74) is 0.614. The van der Waals surface area contributed by atoms with E-state index < -0.39 is 5.60 Å². The maximum Gasteiger partial charge on any atom is 0.122 e. The third-order valence-corrected chi connectivity index (χ3v) is 6.07. The predicted molar refractivity (Wildman–Crippen MR) is 102 cm³/mol. The van der Waals surface area contributed by atoms with E-state index >= 15 is 0 Å². The molecule has 1 aromatic rings. The Balaban J connectivity index is 1.35. The van der Waals surface area contributed by atoms with Crippen LogP contribution in [0.15, 0.2) is 24.3 Å². The lowest BCUT2D eigenvalue weighted by molar-refractivity contribution is -0.0367. The molecule has 0 amide bonds. The van der Waals surface area contributed by atoms with Crippen molar-refractivity contribution in [2.75, 3.05) is 39.4 Å². The van der Waals surface area contributed by atoms with Crippen LogP contribution in [0.25, 0.3) is 0 Å². The molecule has 4 rings (SSSR count). The molecule has 2 N–H and O–H groups in total. The summed E-state index contributed by atoms with van der Waals surface area (Å²) in [6.45, 7) is 9.06. The Labute approximate surface area is 156 Å². The van der Waals surface area contributed by atoms with Crippen LogP contribution in [0.3, 0.4) is 0 Å². The summed E-state index contributed by atoms with van der Waals surface area (Å²) in [6.07, 6.45) is 3.49. The van der Waals surface area contributed by atoms with Crippen LogP contribution in [0.5, 0.6) is 5.75 Å². The summed E-state index contributed by atoms with van der Waals surface area (Å²) in [5.74, 6) is 1.46. The van der Waals surface area contributed by atoms with E-state index in [0.29, 0.717) is 18.6 Å². The summed E-state index contributed by atoms with van der Waals surface area (Å²) in [4.78, 5) is 2.63. The zero-order valence-electron chi connectivity index (χ0n) is 16.0. The minimum atomic E-state index is -0.814. The van der Waals surface area contributed by atoms with Crippen molar-refractivity contribution in [1.82, 2.24) is 10.2 Å². The van der Waals surface area contributed by atoms with Gasteiger partial charge in [-0.2, -0.15) is 0 Å². The van der Waals surface area contributed by atoms with Crippen molar-refractivity contribution >= 4 is 0 Å². The van der Waals surface area contributed by atoms with E-state index in [0.717, 1.165) is 51.4 Å². The molecule has 0 saturated carbocycles. The van der Waals surface area contributed by atoms with Gasteiger partial charge >= 0.3 is 0 Å². The van der Waals surface area contributed by atoms with Crippen molar-refractivity contribution in [2.24, 2.45) is 0 Å². The SMILES string of the molecule is CC(C)(O)COc1ccccc1C1CCN([C@@H]2COC3(CNC3)C2)CC1. The van der Waals surface area contributed by atoms with E-state index in [1.54, 1.807) is 13.8 Å². The zero-order chi connectivity index (χ0) is 18.2. The summed E-state index contributed by atoms with van der Waals surface area (Å²) < 4.78 is 12.0. The molecule has 3 aliphatic rings. The van der Waals surface area contributed by atoms with Crippen molar-refractivity contribution in [3.8, 4) is 5.75 Å². The van der Waals surface area contributed by atoms with Crippen molar-refractivity contribution in [2.45, 2.75) is 56.3 Å². The van der Waals surface area contributed by atoms with Gasteiger partial charge in [-0.3, -0.25) is 4.90 Å². The van der Waals surface area contributed by atoms with Gasteiger partial charge in [0.2, 0.25) is 0 Å². The molecule has 0 radical (unpaired) electrons. The topological polar surface area (TPSA) is 54.0 Å². The Hall–Kier alpha value is -1.14. The highest BCUT2D eigenvalue weighted by Gasteiger charge is 2.47. The van der Waals surface area contributed by atoms with E-state index in [1.807, 2.05) is 12.1 Å². The lowest BCUT2D eigenvalue weighted by atomic mass is 9.86. The molecular weight excluding hydrogens is 328 g/mol. The number of nitrogens with one attached hydrogen (secondary N) is 1. The summed E-state index contributed by atoms with van der Waals surface area (Å²) >= 11 is 0. The van der Waals surface area contributed by atoms with Gasteiger partial charge in [0.15, 0.2) is 0 Å². The van der Waals surface area contributed by atoms with Crippen LogP contribution < -0.4 is 10.1 Å². The largest absolute Gasteiger partial charge is 0.490 e. The quantitative estimate of drug-likeness (QED) is 0.843. The molecule has 26 heavy (non-hydrogen) atoms. The number of benzene rings is 1. The minimum absolute atomic E-state index is 0.138. The normalized spacial score (nSPS) is 26.8. The van der Waals surface area contributed by atoms with Gasteiger partial charge in [-0.1, -0.05) is 18.2 Å². The molecule has 1 spiro atoms. The first-order chi connectivity index (χ1) is 12.4. The number of para-hydroxylation sites is 1. The van der Waals surface area contributed by atoms with Crippen LogP contribution in [0.1, 0.15) is 44.6 Å². The molecule has 0 bridgehead atoms. The number of likely N-dealkylation sites (tertiary alicyclic amines) is 1. The van der Waals surface area contributed by atoms with Crippen LogP contribution in [-0.2, 0) is 4.74 Å². The van der Waals surface area contributed by atoms with E-state index in [9.17, 15) is 5.11 Å². The van der Waals surface area contributed by atoms with Gasteiger partial charge in [0.25, 0.3) is 0 Å². The van der Waals surface area contributed by atoms with Gasteiger partial charge in [0, 0.05) is 19.1 Å². The number of rotatable bonds is 5. The maximum atomic E-state index is 9.96.